The Morgan fingerprint density at radius 1 is 1.00 bits per heavy atom. The highest BCUT2D eigenvalue weighted by Gasteiger charge is 2.20. The first-order valence-corrected chi connectivity index (χ1v) is 10.3. The van der Waals surface area contributed by atoms with Gasteiger partial charge in [-0.1, -0.05) is 0 Å². The zero-order valence-electron chi connectivity index (χ0n) is 15.8. The minimum Gasteiger partial charge on any atom is -0.297 e. The summed E-state index contributed by atoms with van der Waals surface area (Å²) in [5.74, 6) is 0.189. The van der Waals surface area contributed by atoms with Gasteiger partial charge in [0.1, 0.15) is 16.5 Å². The Bertz CT molecular complexity index is 1210. The lowest BCUT2D eigenvalue weighted by Gasteiger charge is -2.01. The van der Waals surface area contributed by atoms with Crippen LogP contribution in [-0.2, 0) is 0 Å². The molecule has 4 rings (SSSR count). The molecule has 0 unspecified atom stereocenters. The smallest absolute Gasteiger partial charge is 0.267 e. The Hall–Kier alpha value is -2.71. The van der Waals surface area contributed by atoms with E-state index in [1.165, 1.54) is 34.8 Å². The van der Waals surface area contributed by atoms with E-state index in [9.17, 15) is 9.18 Å². The van der Waals surface area contributed by atoms with Crippen molar-refractivity contribution in [1.29, 1.82) is 0 Å². The van der Waals surface area contributed by atoms with Crippen LogP contribution in [0, 0.1) is 33.5 Å². The summed E-state index contributed by atoms with van der Waals surface area (Å²) in [7, 11) is 0. The number of carbonyl (C=O) groups is 1. The monoisotopic (exact) mass is 412 g/mol. The van der Waals surface area contributed by atoms with Crippen LogP contribution in [0.1, 0.15) is 31.6 Å². The molecule has 0 aliphatic carbocycles. The van der Waals surface area contributed by atoms with Gasteiger partial charge in [0.15, 0.2) is 5.13 Å². The Morgan fingerprint density at radius 2 is 1.71 bits per heavy atom. The van der Waals surface area contributed by atoms with Crippen LogP contribution in [0.15, 0.2) is 24.3 Å². The van der Waals surface area contributed by atoms with Crippen molar-refractivity contribution in [1.82, 2.24) is 15.0 Å². The number of hydrogen-bond acceptors (Lipinski definition) is 6. The number of rotatable bonds is 3. The first kappa shape index (κ1) is 18.6. The maximum atomic E-state index is 13.2. The van der Waals surface area contributed by atoms with Gasteiger partial charge >= 0.3 is 0 Å². The molecule has 0 spiro atoms. The molecule has 0 atom stereocenters. The fourth-order valence-corrected chi connectivity index (χ4v) is 5.17. The molecular weight excluding hydrogens is 395 g/mol. The van der Waals surface area contributed by atoms with Crippen molar-refractivity contribution in [3.8, 4) is 11.3 Å². The van der Waals surface area contributed by atoms with Crippen molar-refractivity contribution in [2.24, 2.45) is 0 Å². The first-order valence-electron chi connectivity index (χ1n) is 8.62. The van der Waals surface area contributed by atoms with Crippen LogP contribution in [0.5, 0.6) is 0 Å². The average Bonchev–Trinajstić information content (AvgIpc) is 3.15. The molecule has 3 heterocycles. The molecule has 0 aliphatic heterocycles. The van der Waals surface area contributed by atoms with E-state index in [1.54, 1.807) is 12.1 Å². The highest BCUT2D eigenvalue weighted by atomic mass is 32.1. The van der Waals surface area contributed by atoms with E-state index < -0.39 is 0 Å². The molecule has 142 valence electrons. The van der Waals surface area contributed by atoms with Crippen molar-refractivity contribution >= 4 is 43.9 Å². The summed E-state index contributed by atoms with van der Waals surface area (Å²) in [6.07, 6.45) is 0. The largest absolute Gasteiger partial charge is 0.297 e. The molecule has 0 saturated carbocycles. The third-order valence-electron chi connectivity index (χ3n) is 4.42. The number of thiophene rings is 1. The Balaban J connectivity index is 1.65. The van der Waals surface area contributed by atoms with E-state index in [4.69, 9.17) is 0 Å². The number of fused-ring (bicyclic) bond motifs is 1. The molecule has 0 bridgehead atoms. The van der Waals surface area contributed by atoms with Crippen LogP contribution in [0.2, 0.25) is 0 Å². The van der Waals surface area contributed by atoms with Crippen molar-refractivity contribution < 1.29 is 9.18 Å². The van der Waals surface area contributed by atoms with E-state index in [0.717, 1.165) is 37.6 Å². The minimum atomic E-state index is -0.293. The normalized spacial score (nSPS) is 11.2. The third kappa shape index (κ3) is 3.29. The number of aromatic nitrogens is 3. The SMILES string of the molecule is Cc1nc(C)c2c(C)c(C(=O)Nc3nc(-c4ccc(F)cc4)c(C)s3)sc2n1. The summed E-state index contributed by atoms with van der Waals surface area (Å²) in [4.78, 5) is 28.6. The van der Waals surface area contributed by atoms with E-state index in [2.05, 4.69) is 20.3 Å². The fourth-order valence-electron chi connectivity index (χ4n) is 3.17. The summed E-state index contributed by atoms with van der Waals surface area (Å²) in [6.45, 7) is 7.61. The first-order chi connectivity index (χ1) is 13.3. The maximum absolute atomic E-state index is 13.2. The highest BCUT2D eigenvalue weighted by Crippen LogP contribution is 2.34. The standard InChI is InChI=1S/C20H17FN4OS2/c1-9-15-10(2)22-12(4)23-19(15)28-17(9)18(26)25-20-24-16(11(3)27-20)13-5-7-14(21)8-6-13/h5-8H,1-4H3,(H,24,25,26). The maximum Gasteiger partial charge on any atom is 0.267 e. The van der Waals surface area contributed by atoms with Crippen molar-refractivity contribution in [3.05, 3.63) is 56.9 Å². The summed E-state index contributed by atoms with van der Waals surface area (Å²) in [6, 6.07) is 6.17. The van der Waals surface area contributed by atoms with Crippen LogP contribution in [0.25, 0.3) is 21.5 Å². The zero-order valence-corrected chi connectivity index (χ0v) is 17.4. The summed E-state index contributed by atoms with van der Waals surface area (Å²) in [5.41, 5.74) is 3.31. The molecule has 0 saturated heterocycles. The van der Waals surface area contributed by atoms with Gasteiger partial charge in [-0.2, -0.15) is 0 Å². The van der Waals surface area contributed by atoms with Crippen LogP contribution < -0.4 is 5.32 Å². The number of nitrogens with zero attached hydrogens (tertiary/aromatic N) is 3. The number of benzene rings is 1. The number of carbonyl (C=O) groups excluding carboxylic acids is 1. The molecular formula is C20H17FN4OS2. The number of halogens is 1. The van der Waals surface area contributed by atoms with Gasteiger partial charge in [0, 0.05) is 21.5 Å². The number of hydrogen-bond donors (Lipinski definition) is 1. The molecule has 0 aliphatic rings. The third-order valence-corrected chi connectivity index (χ3v) is 6.49. The van der Waals surface area contributed by atoms with Gasteiger partial charge in [-0.25, -0.2) is 19.3 Å². The molecule has 8 heteroatoms. The molecule has 5 nitrogen and oxygen atoms in total. The molecule has 1 amide bonds. The second kappa shape index (κ2) is 7.03. The molecule has 28 heavy (non-hydrogen) atoms. The van der Waals surface area contributed by atoms with E-state index in [-0.39, 0.29) is 11.7 Å². The highest BCUT2D eigenvalue weighted by molar-refractivity contribution is 7.21. The zero-order chi connectivity index (χ0) is 20.0. The molecule has 1 aromatic carbocycles. The molecule has 3 aromatic heterocycles. The molecule has 0 radical (unpaired) electrons. The lowest BCUT2D eigenvalue weighted by Crippen LogP contribution is -2.11. The summed E-state index contributed by atoms with van der Waals surface area (Å²) in [5, 5.41) is 4.34. The number of aryl methyl sites for hydroxylation is 4. The molecule has 0 fully saturated rings. The second-order valence-electron chi connectivity index (χ2n) is 6.48. The van der Waals surface area contributed by atoms with Gasteiger partial charge in [0.25, 0.3) is 5.91 Å². The average molecular weight is 413 g/mol. The topological polar surface area (TPSA) is 67.8 Å². The lowest BCUT2D eigenvalue weighted by molar-refractivity contribution is 0.103. The van der Waals surface area contributed by atoms with E-state index in [1.807, 2.05) is 27.7 Å². The Labute approximate surface area is 169 Å². The van der Waals surface area contributed by atoms with Gasteiger partial charge in [-0.05, 0) is 57.5 Å². The predicted molar refractivity (Wildman–Crippen MR) is 112 cm³/mol. The summed E-state index contributed by atoms with van der Waals surface area (Å²) >= 11 is 2.76. The number of nitrogens with one attached hydrogen (secondary N) is 1. The molecule has 4 aromatic rings. The lowest BCUT2D eigenvalue weighted by atomic mass is 10.1. The quantitative estimate of drug-likeness (QED) is 0.486. The minimum absolute atomic E-state index is 0.211. The van der Waals surface area contributed by atoms with Crippen LogP contribution in [-0.4, -0.2) is 20.9 Å². The number of amides is 1. The van der Waals surface area contributed by atoms with Gasteiger partial charge in [0.05, 0.1) is 10.6 Å². The van der Waals surface area contributed by atoms with Crippen LogP contribution in [0.4, 0.5) is 9.52 Å². The predicted octanol–water partition coefficient (Wildman–Crippen LogP) is 5.44. The van der Waals surface area contributed by atoms with E-state index in [0.29, 0.717) is 15.8 Å². The fraction of sp³-hybridized carbons (Fsp3) is 0.200. The van der Waals surface area contributed by atoms with Gasteiger partial charge in [-0.3, -0.25) is 10.1 Å². The molecule has 1 N–H and O–H groups in total. The second-order valence-corrected chi connectivity index (χ2v) is 8.68. The van der Waals surface area contributed by atoms with Crippen molar-refractivity contribution in [2.75, 3.05) is 5.32 Å². The van der Waals surface area contributed by atoms with Crippen LogP contribution in [0.3, 0.4) is 0 Å². The van der Waals surface area contributed by atoms with Crippen LogP contribution >= 0.6 is 22.7 Å². The van der Waals surface area contributed by atoms with E-state index >= 15 is 0 Å². The van der Waals surface area contributed by atoms with Gasteiger partial charge in [-0.15, -0.1) is 22.7 Å². The summed E-state index contributed by atoms with van der Waals surface area (Å²) < 4.78 is 13.2. The van der Waals surface area contributed by atoms with Crippen molar-refractivity contribution in [3.63, 3.8) is 0 Å². The number of anilines is 1. The van der Waals surface area contributed by atoms with Crippen molar-refractivity contribution in [2.45, 2.75) is 27.7 Å². The number of thiazole rings is 1. The van der Waals surface area contributed by atoms with Gasteiger partial charge in [0.2, 0.25) is 0 Å². The van der Waals surface area contributed by atoms with Gasteiger partial charge < -0.3 is 0 Å². The Kier molecular flexibility index (Phi) is 4.68. The Morgan fingerprint density at radius 3 is 2.43 bits per heavy atom.